The first-order valence-corrected chi connectivity index (χ1v) is 11.5. The van der Waals surface area contributed by atoms with Gasteiger partial charge < -0.3 is 0 Å². The molecule has 0 bridgehead atoms. The van der Waals surface area contributed by atoms with Crippen molar-refractivity contribution in [1.82, 2.24) is 0 Å². The van der Waals surface area contributed by atoms with Crippen LogP contribution in [-0.4, -0.2) is 23.1 Å². The number of benzene rings is 3. The van der Waals surface area contributed by atoms with Crippen LogP contribution in [0.15, 0.2) is 84.9 Å². The highest BCUT2D eigenvalue weighted by Gasteiger charge is 1.98. The maximum absolute atomic E-state index is 11.2. The fourth-order valence-corrected chi connectivity index (χ4v) is 3.00. The number of carbonyl (C=O) groups excluding carboxylic acids is 4. The fraction of sp³-hybridized carbons (Fsp3) is 0.125. The van der Waals surface area contributed by atoms with Crippen molar-refractivity contribution in [2.24, 2.45) is 0 Å². The molecular formula is C32H30O4. The summed E-state index contributed by atoms with van der Waals surface area (Å²) in [5, 5.41) is 0. The minimum absolute atomic E-state index is 0.0283. The van der Waals surface area contributed by atoms with Crippen molar-refractivity contribution in [3.8, 4) is 0 Å². The Hall–Kier alpha value is -4.44. The Kier molecular flexibility index (Phi) is 10.9. The van der Waals surface area contributed by atoms with E-state index in [2.05, 4.69) is 0 Å². The molecule has 0 fully saturated rings. The van der Waals surface area contributed by atoms with E-state index in [1.165, 1.54) is 26.0 Å². The van der Waals surface area contributed by atoms with Gasteiger partial charge in [-0.15, -0.1) is 0 Å². The van der Waals surface area contributed by atoms with Crippen molar-refractivity contribution >= 4 is 47.4 Å². The molecule has 0 unspecified atom stereocenters. The quantitative estimate of drug-likeness (QED) is 0.196. The molecule has 0 atom stereocenters. The molecule has 3 aromatic rings. The van der Waals surface area contributed by atoms with Crippen LogP contribution in [0.1, 0.15) is 70.7 Å². The number of carbonyl (C=O) groups is 4. The fourth-order valence-electron chi connectivity index (χ4n) is 3.00. The van der Waals surface area contributed by atoms with E-state index in [4.69, 9.17) is 0 Å². The average Bonchev–Trinajstić information content (AvgIpc) is 2.86. The molecule has 0 heterocycles. The third kappa shape index (κ3) is 10.2. The van der Waals surface area contributed by atoms with Crippen molar-refractivity contribution in [3.63, 3.8) is 0 Å². The van der Waals surface area contributed by atoms with Gasteiger partial charge in [0.15, 0.2) is 23.1 Å². The smallest absolute Gasteiger partial charge is 0.159 e. The van der Waals surface area contributed by atoms with Crippen molar-refractivity contribution < 1.29 is 19.2 Å². The van der Waals surface area contributed by atoms with E-state index in [9.17, 15) is 19.2 Å². The highest BCUT2D eigenvalue weighted by molar-refractivity contribution is 5.95. The van der Waals surface area contributed by atoms with Gasteiger partial charge in [-0.1, -0.05) is 97.1 Å². The number of ketones is 4. The Morgan fingerprint density at radius 2 is 0.667 bits per heavy atom. The summed E-state index contributed by atoms with van der Waals surface area (Å²) in [6.07, 6.45) is 10.5. The minimum atomic E-state index is 0.0283. The van der Waals surface area contributed by atoms with E-state index in [1.54, 1.807) is 26.0 Å². The molecule has 0 aliphatic rings. The van der Waals surface area contributed by atoms with E-state index < -0.39 is 0 Å². The molecular weight excluding hydrogens is 448 g/mol. The van der Waals surface area contributed by atoms with Gasteiger partial charge in [0, 0.05) is 11.1 Å². The normalized spacial score (nSPS) is 10.9. The number of hydrogen-bond acceptors (Lipinski definition) is 4. The van der Waals surface area contributed by atoms with Gasteiger partial charge in [0.25, 0.3) is 0 Å². The predicted molar refractivity (Wildman–Crippen MR) is 148 cm³/mol. The van der Waals surface area contributed by atoms with Gasteiger partial charge >= 0.3 is 0 Å². The van der Waals surface area contributed by atoms with Crippen LogP contribution in [0.4, 0.5) is 0 Å². The second kappa shape index (κ2) is 14.1. The first-order valence-electron chi connectivity index (χ1n) is 11.5. The van der Waals surface area contributed by atoms with Gasteiger partial charge in [0.2, 0.25) is 0 Å². The Balaban J connectivity index is 0.000000261. The van der Waals surface area contributed by atoms with Crippen LogP contribution < -0.4 is 0 Å². The summed E-state index contributed by atoms with van der Waals surface area (Å²) < 4.78 is 0. The maximum Gasteiger partial charge on any atom is 0.159 e. The number of allylic oxidation sites excluding steroid dienone is 2. The Morgan fingerprint density at radius 1 is 0.417 bits per heavy atom. The lowest BCUT2D eigenvalue weighted by molar-refractivity contribution is -0.113. The first kappa shape index (κ1) is 27.8. The second-order valence-corrected chi connectivity index (χ2v) is 8.24. The van der Waals surface area contributed by atoms with Crippen LogP contribution in [0.25, 0.3) is 24.3 Å². The highest BCUT2D eigenvalue weighted by atomic mass is 16.1. The molecule has 0 saturated carbocycles. The summed E-state index contributed by atoms with van der Waals surface area (Å²) in [6, 6.07) is 22.5. The van der Waals surface area contributed by atoms with E-state index >= 15 is 0 Å². The van der Waals surface area contributed by atoms with Crippen molar-refractivity contribution in [1.29, 1.82) is 0 Å². The molecule has 0 N–H and O–H groups in total. The van der Waals surface area contributed by atoms with Gasteiger partial charge in [-0.3, -0.25) is 19.2 Å². The molecule has 4 nitrogen and oxygen atoms in total. The SMILES string of the molecule is CC(=O)/C=C/c1ccc(/C=C/C(C)=O)cc1.CC(=O)c1ccc(/C=C/c2ccc(C(C)=O)cc2)cc1. The summed E-state index contributed by atoms with van der Waals surface area (Å²) in [5.41, 5.74) is 5.43. The zero-order chi connectivity index (χ0) is 26.5. The van der Waals surface area contributed by atoms with Crippen LogP contribution in [0.5, 0.6) is 0 Å². The zero-order valence-corrected chi connectivity index (χ0v) is 21.0. The highest BCUT2D eigenvalue weighted by Crippen LogP contribution is 2.12. The van der Waals surface area contributed by atoms with E-state index in [0.29, 0.717) is 11.1 Å². The predicted octanol–water partition coefficient (Wildman–Crippen LogP) is 7.15. The van der Waals surface area contributed by atoms with Crippen molar-refractivity contribution in [2.45, 2.75) is 27.7 Å². The van der Waals surface area contributed by atoms with Crippen LogP contribution in [0, 0.1) is 0 Å². The molecule has 3 aromatic carbocycles. The van der Waals surface area contributed by atoms with Crippen LogP contribution in [-0.2, 0) is 9.59 Å². The third-order valence-corrected chi connectivity index (χ3v) is 5.06. The second-order valence-electron chi connectivity index (χ2n) is 8.24. The van der Waals surface area contributed by atoms with E-state index in [0.717, 1.165) is 22.3 Å². The molecule has 182 valence electrons. The van der Waals surface area contributed by atoms with Gasteiger partial charge in [-0.05, 0) is 62.1 Å². The summed E-state index contributed by atoms with van der Waals surface area (Å²) in [7, 11) is 0. The third-order valence-electron chi connectivity index (χ3n) is 5.06. The Labute approximate surface area is 212 Å². The van der Waals surface area contributed by atoms with E-state index in [1.807, 2.05) is 84.9 Å². The average molecular weight is 479 g/mol. The van der Waals surface area contributed by atoms with Crippen LogP contribution in [0.2, 0.25) is 0 Å². The van der Waals surface area contributed by atoms with Crippen LogP contribution in [0.3, 0.4) is 0 Å². The van der Waals surface area contributed by atoms with Crippen molar-refractivity contribution in [3.05, 3.63) is 118 Å². The molecule has 3 rings (SSSR count). The zero-order valence-electron chi connectivity index (χ0n) is 21.0. The standard InChI is InChI=1S/C18H16O2.C14H14O2/c1-13(19)17-9-5-15(6-10-17)3-4-16-7-11-18(12-8-16)14(2)20;1-11(15)3-5-13-7-9-14(10-8-13)6-4-12(2)16/h3-12H,1-2H3;3-10H,1-2H3/b4-3+;5-3+,6-4+. The molecule has 0 amide bonds. The first-order chi connectivity index (χ1) is 17.1. The van der Waals surface area contributed by atoms with Gasteiger partial charge in [0.05, 0.1) is 0 Å². The minimum Gasteiger partial charge on any atom is -0.295 e. The molecule has 4 heteroatoms. The largest absolute Gasteiger partial charge is 0.295 e. The summed E-state index contributed by atoms with van der Waals surface area (Å²) in [4.78, 5) is 43.8. The van der Waals surface area contributed by atoms with Crippen molar-refractivity contribution in [2.75, 3.05) is 0 Å². The lowest BCUT2D eigenvalue weighted by Gasteiger charge is -1.98. The lowest BCUT2D eigenvalue weighted by Crippen LogP contribution is -1.90. The molecule has 0 aliphatic heterocycles. The Morgan fingerprint density at radius 3 is 0.917 bits per heavy atom. The monoisotopic (exact) mass is 478 g/mol. The molecule has 0 aromatic heterocycles. The van der Waals surface area contributed by atoms with E-state index in [-0.39, 0.29) is 23.1 Å². The van der Waals surface area contributed by atoms with Gasteiger partial charge in [0.1, 0.15) is 0 Å². The summed E-state index contributed by atoms with van der Waals surface area (Å²) in [6.45, 7) is 6.14. The van der Waals surface area contributed by atoms with Gasteiger partial charge in [-0.2, -0.15) is 0 Å². The number of rotatable bonds is 8. The van der Waals surface area contributed by atoms with Crippen LogP contribution >= 0.6 is 0 Å². The topological polar surface area (TPSA) is 68.3 Å². The Bertz CT molecular complexity index is 1190. The summed E-state index contributed by atoms with van der Waals surface area (Å²) in [5.74, 6) is 0.196. The molecule has 0 aliphatic carbocycles. The molecule has 36 heavy (non-hydrogen) atoms. The van der Waals surface area contributed by atoms with Gasteiger partial charge in [-0.25, -0.2) is 0 Å². The lowest BCUT2D eigenvalue weighted by atomic mass is 10.1. The summed E-state index contributed by atoms with van der Waals surface area (Å²) >= 11 is 0. The molecule has 0 spiro atoms. The number of Topliss-reactive ketones (excluding diaryl/α,β-unsaturated/α-hetero) is 2. The molecule has 0 radical (unpaired) electrons. The number of hydrogen-bond donors (Lipinski definition) is 0. The molecule has 0 saturated heterocycles. The maximum atomic E-state index is 11.2.